The largest absolute Gasteiger partial charge is 0.493 e. The van der Waals surface area contributed by atoms with E-state index in [-0.39, 0.29) is 24.8 Å². The van der Waals surface area contributed by atoms with Gasteiger partial charge in [-0.2, -0.15) is 0 Å². The van der Waals surface area contributed by atoms with E-state index in [9.17, 15) is 14.7 Å². The van der Waals surface area contributed by atoms with Crippen molar-refractivity contribution in [2.45, 2.75) is 18.9 Å². The standard InChI is InChI=1S/C21H22N2O4/c24-11-7-18-20(25)22-9-10-23(18)21(26)15-3-1-14(2-4-15)16-5-6-19-17(13-16)8-12-27-19/h1-6,13,18,24H,7-12H2,(H,22,25). The zero-order valence-corrected chi connectivity index (χ0v) is 15.0. The Morgan fingerprint density at radius 3 is 2.74 bits per heavy atom. The van der Waals surface area contributed by atoms with Crippen molar-refractivity contribution in [3.63, 3.8) is 0 Å². The average molecular weight is 366 g/mol. The molecule has 0 saturated carbocycles. The molecule has 0 spiro atoms. The lowest BCUT2D eigenvalue weighted by Crippen LogP contribution is -2.57. The van der Waals surface area contributed by atoms with E-state index < -0.39 is 6.04 Å². The number of hydrogen-bond donors (Lipinski definition) is 2. The van der Waals surface area contributed by atoms with Gasteiger partial charge in [0.15, 0.2) is 0 Å². The van der Waals surface area contributed by atoms with Crippen LogP contribution in [0.25, 0.3) is 11.1 Å². The summed E-state index contributed by atoms with van der Waals surface area (Å²) in [7, 11) is 0. The SMILES string of the molecule is O=C1NCCN(C(=O)c2ccc(-c3ccc4c(c3)CCO4)cc2)C1CCO. The maximum atomic E-state index is 12.9. The summed E-state index contributed by atoms with van der Waals surface area (Å²) in [6.07, 6.45) is 1.16. The molecule has 1 saturated heterocycles. The van der Waals surface area contributed by atoms with Gasteiger partial charge in [0.1, 0.15) is 11.8 Å². The number of fused-ring (bicyclic) bond motifs is 1. The number of ether oxygens (including phenoxy) is 1. The first-order chi connectivity index (χ1) is 13.2. The molecule has 0 radical (unpaired) electrons. The molecule has 1 atom stereocenters. The number of benzene rings is 2. The third-order valence-electron chi connectivity index (χ3n) is 5.15. The van der Waals surface area contributed by atoms with Gasteiger partial charge < -0.3 is 20.1 Å². The quantitative estimate of drug-likeness (QED) is 0.862. The second kappa shape index (κ2) is 7.40. The molecule has 2 amide bonds. The summed E-state index contributed by atoms with van der Waals surface area (Å²) in [6.45, 7) is 1.47. The fraction of sp³-hybridized carbons (Fsp3) is 0.333. The van der Waals surface area contributed by atoms with E-state index in [2.05, 4.69) is 11.4 Å². The fourth-order valence-corrected chi connectivity index (χ4v) is 3.70. The first kappa shape index (κ1) is 17.5. The molecular weight excluding hydrogens is 344 g/mol. The summed E-state index contributed by atoms with van der Waals surface area (Å²) in [5.41, 5.74) is 3.87. The molecule has 2 aliphatic rings. The Kier molecular flexibility index (Phi) is 4.81. The Balaban J connectivity index is 1.54. The first-order valence-electron chi connectivity index (χ1n) is 9.23. The lowest BCUT2D eigenvalue weighted by molar-refractivity contribution is -0.128. The third kappa shape index (κ3) is 3.40. The molecule has 2 aliphatic heterocycles. The maximum Gasteiger partial charge on any atom is 0.254 e. The molecule has 0 bridgehead atoms. The third-order valence-corrected chi connectivity index (χ3v) is 5.15. The second-order valence-electron chi connectivity index (χ2n) is 6.82. The maximum absolute atomic E-state index is 12.9. The van der Waals surface area contributed by atoms with Crippen LogP contribution in [0.1, 0.15) is 22.3 Å². The first-order valence-corrected chi connectivity index (χ1v) is 9.23. The number of nitrogens with one attached hydrogen (secondary N) is 1. The monoisotopic (exact) mass is 366 g/mol. The van der Waals surface area contributed by atoms with Crippen LogP contribution in [0.15, 0.2) is 42.5 Å². The summed E-state index contributed by atoms with van der Waals surface area (Å²) >= 11 is 0. The Morgan fingerprint density at radius 1 is 1.19 bits per heavy atom. The van der Waals surface area contributed by atoms with Crippen LogP contribution < -0.4 is 10.1 Å². The van der Waals surface area contributed by atoms with Crippen LogP contribution in [0.2, 0.25) is 0 Å². The van der Waals surface area contributed by atoms with Crippen LogP contribution >= 0.6 is 0 Å². The Morgan fingerprint density at radius 2 is 1.96 bits per heavy atom. The molecule has 1 unspecified atom stereocenters. The van der Waals surface area contributed by atoms with Gasteiger partial charge in [-0.15, -0.1) is 0 Å². The minimum atomic E-state index is -0.618. The predicted octanol–water partition coefficient (Wildman–Crippen LogP) is 1.61. The minimum absolute atomic E-state index is 0.136. The zero-order valence-electron chi connectivity index (χ0n) is 15.0. The van der Waals surface area contributed by atoms with Crippen LogP contribution in [-0.2, 0) is 11.2 Å². The van der Waals surface area contributed by atoms with Gasteiger partial charge in [0, 0.05) is 31.7 Å². The molecule has 6 nitrogen and oxygen atoms in total. The molecule has 140 valence electrons. The van der Waals surface area contributed by atoms with Gasteiger partial charge in [0.2, 0.25) is 5.91 Å². The molecule has 0 aromatic heterocycles. The summed E-state index contributed by atoms with van der Waals surface area (Å²) in [6, 6.07) is 13.0. The van der Waals surface area contributed by atoms with Crippen LogP contribution in [0.4, 0.5) is 0 Å². The van der Waals surface area contributed by atoms with Gasteiger partial charge in [-0.05, 0) is 47.4 Å². The number of piperazine rings is 1. The lowest BCUT2D eigenvalue weighted by Gasteiger charge is -2.34. The molecule has 0 aliphatic carbocycles. The summed E-state index contributed by atoms with van der Waals surface area (Å²) < 4.78 is 5.55. The molecule has 2 N–H and O–H groups in total. The van der Waals surface area contributed by atoms with E-state index in [1.165, 1.54) is 5.56 Å². The number of aliphatic hydroxyl groups excluding tert-OH is 1. The second-order valence-corrected chi connectivity index (χ2v) is 6.82. The highest BCUT2D eigenvalue weighted by Gasteiger charge is 2.32. The van der Waals surface area contributed by atoms with Crippen molar-refractivity contribution >= 4 is 11.8 Å². The van der Waals surface area contributed by atoms with Crippen molar-refractivity contribution in [3.05, 3.63) is 53.6 Å². The smallest absolute Gasteiger partial charge is 0.254 e. The van der Waals surface area contributed by atoms with Gasteiger partial charge in [0.25, 0.3) is 5.91 Å². The van der Waals surface area contributed by atoms with Crippen molar-refractivity contribution in [1.29, 1.82) is 0 Å². The van der Waals surface area contributed by atoms with Gasteiger partial charge in [-0.25, -0.2) is 0 Å². The van der Waals surface area contributed by atoms with Crippen LogP contribution in [0.3, 0.4) is 0 Å². The topological polar surface area (TPSA) is 78.9 Å². The normalized spacial score (nSPS) is 18.6. The molecule has 6 heteroatoms. The van der Waals surface area contributed by atoms with Crippen LogP contribution in [0.5, 0.6) is 5.75 Å². The molecule has 27 heavy (non-hydrogen) atoms. The Bertz CT molecular complexity index is 863. The highest BCUT2D eigenvalue weighted by atomic mass is 16.5. The van der Waals surface area contributed by atoms with E-state index in [1.807, 2.05) is 24.3 Å². The number of nitrogens with zero attached hydrogens (tertiary/aromatic N) is 1. The van der Waals surface area contributed by atoms with E-state index in [4.69, 9.17) is 4.74 Å². The van der Waals surface area contributed by atoms with Crippen molar-refractivity contribution in [3.8, 4) is 16.9 Å². The van der Waals surface area contributed by atoms with Crippen molar-refractivity contribution in [1.82, 2.24) is 10.2 Å². The van der Waals surface area contributed by atoms with Crippen molar-refractivity contribution < 1.29 is 19.4 Å². The van der Waals surface area contributed by atoms with Gasteiger partial charge in [0.05, 0.1) is 6.61 Å². The number of hydrogen-bond acceptors (Lipinski definition) is 4. The predicted molar refractivity (Wildman–Crippen MR) is 101 cm³/mol. The van der Waals surface area contributed by atoms with Gasteiger partial charge in [-0.1, -0.05) is 18.2 Å². The number of rotatable bonds is 4. The molecular formula is C21H22N2O4. The molecule has 2 heterocycles. The summed E-state index contributed by atoms with van der Waals surface area (Å²) in [5.74, 6) is 0.557. The molecule has 2 aromatic carbocycles. The minimum Gasteiger partial charge on any atom is -0.493 e. The number of amides is 2. The number of aliphatic hydroxyl groups is 1. The van der Waals surface area contributed by atoms with E-state index >= 15 is 0 Å². The lowest BCUT2D eigenvalue weighted by atomic mass is 10.00. The molecule has 2 aromatic rings. The zero-order chi connectivity index (χ0) is 18.8. The van der Waals surface area contributed by atoms with Gasteiger partial charge >= 0.3 is 0 Å². The number of carbonyl (C=O) groups is 2. The van der Waals surface area contributed by atoms with Crippen molar-refractivity contribution in [2.75, 3.05) is 26.3 Å². The fourth-order valence-electron chi connectivity index (χ4n) is 3.70. The molecule has 4 rings (SSSR count). The van der Waals surface area contributed by atoms with E-state index in [0.29, 0.717) is 18.7 Å². The van der Waals surface area contributed by atoms with E-state index in [0.717, 1.165) is 29.9 Å². The van der Waals surface area contributed by atoms with E-state index in [1.54, 1.807) is 17.0 Å². The van der Waals surface area contributed by atoms with Crippen LogP contribution in [-0.4, -0.2) is 54.2 Å². The average Bonchev–Trinajstić information content (AvgIpc) is 3.17. The van der Waals surface area contributed by atoms with Gasteiger partial charge in [-0.3, -0.25) is 9.59 Å². The van der Waals surface area contributed by atoms with Crippen molar-refractivity contribution in [2.24, 2.45) is 0 Å². The molecule has 1 fully saturated rings. The Labute approximate surface area is 157 Å². The highest BCUT2D eigenvalue weighted by molar-refractivity contribution is 5.98. The summed E-state index contributed by atoms with van der Waals surface area (Å²) in [5, 5.41) is 12.0. The van der Waals surface area contributed by atoms with Crippen LogP contribution in [0, 0.1) is 0 Å². The summed E-state index contributed by atoms with van der Waals surface area (Å²) in [4.78, 5) is 26.5. The Hall–Kier alpha value is -2.86. The highest BCUT2D eigenvalue weighted by Crippen LogP contribution is 2.30. The number of carbonyl (C=O) groups excluding carboxylic acids is 2.